The van der Waals surface area contributed by atoms with Gasteiger partial charge in [-0.1, -0.05) is 12.1 Å². The standard InChI is InChI=1S/C11H14N2O.ClH/c12-7-8-1-3-9(4-2-8)11(14)13-10-5-6-10;/h1-4,10H,5-7,12H2,(H,13,14);1H. The molecule has 1 aromatic carbocycles. The maximum absolute atomic E-state index is 11.6. The molecule has 3 nitrogen and oxygen atoms in total. The van der Waals surface area contributed by atoms with Gasteiger partial charge in [-0.25, -0.2) is 0 Å². The van der Waals surface area contributed by atoms with Crippen LogP contribution in [0.2, 0.25) is 0 Å². The van der Waals surface area contributed by atoms with Crippen molar-refractivity contribution in [3.05, 3.63) is 35.4 Å². The third-order valence-corrected chi connectivity index (χ3v) is 2.36. The van der Waals surface area contributed by atoms with Gasteiger partial charge in [-0.05, 0) is 30.5 Å². The molecule has 1 amide bonds. The Morgan fingerprint density at radius 1 is 1.33 bits per heavy atom. The van der Waals surface area contributed by atoms with Crippen molar-refractivity contribution in [1.29, 1.82) is 0 Å². The molecule has 0 radical (unpaired) electrons. The van der Waals surface area contributed by atoms with Crippen molar-refractivity contribution in [2.24, 2.45) is 5.73 Å². The van der Waals surface area contributed by atoms with Crippen LogP contribution in [-0.2, 0) is 6.54 Å². The number of hydrogen-bond donors (Lipinski definition) is 2. The summed E-state index contributed by atoms with van der Waals surface area (Å²) in [5.41, 5.74) is 7.23. The van der Waals surface area contributed by atoms with Crippen LogP contribution >= 0.6 is 12.4 Å². The lowest BCUT2D eigenvalue weighted by Crippen LogP contribution is -2.25. The van der Waals surface area contributed by atoms with E-state index >= 15 is 0 Å². The van der Waals surface area contributed by atoms with E-state index in [2.05, 4.69) is 5.32 Å². The average molecular weight is 227 g/mol. The van der Waals surface area contributed by atoms with Crippen molar-refractivity contribution >= 4 is 18.3 Å². The van der Waals surface area contributed by atoms with Gasteiger partial charge in [0.15, 0.2) is 0 Å². The largest absolute Gasteiger partial charge is 0.349 e. The summed E-state index contributed by atoms with van der Waals surface area (Å²) in [4.78, 5) is 11.6. The minimum Gasteiger partial charge on any atom is -0.349 e. The van der Waals surface area contributed by atoms with Crippen LogP contribution in [0, 0.1) is 0 Å². The molecule has 4 heteroatoms. The molecule has 1 aliphatic rings. The minimum atomic E-state index is 0. The highest BCUT2D eigenvalue weighted by Gasteiger charge is 2.23. The van der Waals surface area contributed by atoms with E-state index in [9.17, 15) is 4.79 Å². The molecule has 0 bridgehead atoms. The minimum absolute atomic E-state index is 0. The summed E-state index contributed by atoms with van der Waals surface area (Å²) in [6.07, 6.45) is 2.24. The van der Waals surface area contributed by atoms with Crippen LogP contribution in [0.25, 0.3) is 0 Å². The van der Waals surface area contributed by atoms with Crippen molar-refractivity contribution in [3.63, 3.8) is 0 Å². The molecule has 0 saturated heterocycles. The first-order valence-corrected chi connectivity index (χ1v) is 4.89. The summed E-state index contributed by atoms with van der Waals surface area (Å²) in [6, 6.07) is 7.83. The van der Waals surface area contributed by atoms with Crippen molar-refractivity contribution in [2.75, 3.05) is 0 Å². The Kier molecular flexibility index (Phi) is 4.12. The van der Waals surface area contributed by atoms with E-state index in [4.69, 9.17) is 5.73 Å². The first-order valence-electron chi connectivity index (χ1n) is 4.89. The number of hydrogen-bond acceptors (Lipinski definition) is 2. The quantitative estimate of drug-likeness (QED) is 0.820. The van der Waals surface area contributed by atoms with E-state index in [1.54, 1.807) is 0 Å². The van der Waals surface area contributed by atoms with E-state index in [1.807, 2.05) is 24.3 Å². The number of halogens is 1. The van der Waals surface area contributed by atoms with Gasteiger partial charge in [0.2, 0.25) is 0 Å². The molecule has 1 aliphatic carbocycles. The topological polar surface area (TPSA) is 55.1 Å². The highest BCUT2D eigenvalue weighted by molar-refractivity contribution is 5.94. The van der Waals surface area contributed by atoms with E-state index < -0.39 is 0 Å². The first-order chi connectivity index (χ1) is 6.79. The first kappa shape index (κ1) is 12.0. The molecule has 0 atom stereocenters. The number of carbonyl (C=O) groups is 1. The zero-order valence-electron chi connectivity index (χ0n) is 8.40. The van der Waals surface area contributed by atoms with E-state index in [0.29, 0.717) is 18.2 Å². The predicted octanol–water partition coefficient (Wildman–Crippen LogP) is 1.46. The van der Waals surface area contributed by atoms with Gasteiger partial charge in [0.25, 0.3) is 5.91 Å². The van der Waals surface area contributed by atoms with Crippen LogP contribution in [0.3, 0.4) is 0 Å². The number of amides is 1. The highest BCUT2D eigenvalue weighted by atomic mass is 35.5. The summed E-state index contributed by atoms with van der Waals surface area (Å²) >= 11 is 0. The van der Waals surface area contributed by atoms with Gasteiger partial charge in [0, 0.05) is 18.2 Å². The molecule has 15 heavy (non-hydrogen) atoms. The van der Waals surface area contributed by atoms with Crippen molar-refractivity contribution in [3.8, 4) is 0 Å². The summed E-state index contributed by atoms with van der Waals surface area (Å²) in [7, 11) is 0. The van der Waals surface area contributed by atoms with Crippen LogP contribution < -0.4 is 11.1 Å². The van der Waals surface area contributed by atoms with Crippen LogP contribution in [0.5, 0.6) is 0 Å². The summed E-state index contributed by atoms with van der Waals surface area (Å²) in [5, 5.41) is 2.94. The van der Waals surface area contributed by atoms with Gasteiger partial charge < -0.3 is 11.1 Å². The monoisotopic (exact) mass is 226 g/mol. The molecule has 0 spiro atoms. The molecule has 0 aromatic heterocycles. The number of benzene rings is 1. The van der Waals surface area contributed by atoms with E-state index in [-0.39, 0.29) is 18.3 Å². The summed E-state index contributed by atoms with van der Waals surface area (Å²) in [5.74, 6) is 0.0241. The SMILES string of the molecule is Cl.NCc1ccc(C(=O)NC2CC2)cc1. The molecule has 82 valence electrons. The van der Waals surface area contributed by atoms with Crippen LogP contribution in [0.4, 0.5) is 0 Å². The van der Waals surface area contributed by atoms with Gasteiger partial charge in [0.05, 0.1) is 0 Å². The zero-order chi connectivity index (χ0) is 9.97. The number of carbonyl (C=O) groups excluding carboxylic acids is 1. The van der Waals surface area contributed by atoms with Gasteiger partial charge in [-0.2, -0.15) is 0 Å². The number of rotatable bonds is 3. The Morgan fingerprint density at radius 2 is 1.93 bits per heavy atom. The van der Waals surface area contributed by atoms with Crippen LogP contribution in [0.1, 0.15) is 28.8 Å². The fourth-order valence-corrected chi connectivity index (χ4v) is 1.29. The molecule has 1 aromatic rings. The maximum atomic E-state index is 11.6. The van der Waals surface area contributed by atoms with Gasteiger partial charge in [-0.15, -0.1) is 12.4 Å². The maximum Gasteiger partial charge on any atom is 0.251 e. The zero-order valence-corrected chi connectivity index (χ0v) is 9.22. The van der Waals surface area contributed by atoms with E-state index in [0.717, 1.165) is 18.4 Å². The van der Waals surface area contributed by atoms with Gasteiger partial charge >= 0.3 is 0 Å². The normalized spacial score (nSPS) is 14.2. The Morgan fingerprint density at radius 3 is 2.40 bits per heavy atom. The number of nitrogens with one attached hydrogen (secondary N) is 1. The third-order valence-electron chi connectivity index (χ3n) is 2.36. The smallest absolute Gasteiger partial charge is 0.251 e. The molecule has 1 saturated carbocycles. The molecule has 3 N–H and O–H groups in total. The molecule has 0 aliphatic heterocycles. The Hall–Kier alpha value is -1.06. The second-order valence-electron chi connectivity index (χ2n) is 3.65. The third kappa shape index (κ3) is 3.22. The fraction of sp³-hybridized carbons (Fsp3) is 0.364. The lowest BCUT2D eigenvalue weighted by atomic mass is 10.1. The molecule has 0 unspecified atom stereocenters. The fourth-order valence-electron chi connectivity index (χ4n) is 1.29. The lowest BCUT2D eigenvalue weighted by Gasteiger charge is -2.03. The van der Waals surface area contributed by atoms with Gasteiger partial charge in [0.1, 0.15) is 0 Å². The number of nitrogens with two attached hydrogens (primary N) is 1. The Balaban J connectivity index is 0.00000112. The molecular weight excluding hydrogens is 212 g/mol. The Bertz CT molecular complexity index is 333. The second-order valence-corrected chi connectivity index (χ2v) is 3.65. The molecule has 0 heterocycles. The van der Waals surface area contributed by atoms with Crippen molar-refractivity contribution in [2.45, 2.75) is 25.4 Å². The van der Waals surface area contributed by atoms with Gasteiger partial charge in [-0.3, -0.25) is 4.79 Å². The second kappa shape index (κ2) is 5.14. The molecule has 1 fully saturated rings. The molecule has 2 rings (SSSR count). The summed E-state index contributed by atoms with van der Waals surface area (Å²) < 4.78 is 0. The lowest BCUT2D eigenvalue weighted by molar-refractivity contribution is 0.0951. The van der Waals surface area contributed by atoms with E-state index in [1.165, 1.54) is 0 Å². The Labute approximate surface area is 95.5 Å². The van der Waals surface area contributed by atoms with Crippen molar-refractivity contribution < 1.29 is 4.79 Å². The molecular formula is C11H15ClN2O. The van der Waals surface area contributed by atoms with Crippen LogP contribution in [0.15, 0.2) is 24.3 Å². The van der Waals surface area contributed by atoms with Crippen molar-refractivity contribution in [1.82, 2.24) is 5.32 Å². The van der Waals surface area contributed by atoms with Crippen LogP contribution in [-0.4, -0.2) is 11.9 Å². The predicted molar refractivity (Wildman–Crippen MR) is 62.1 cm³/mol. The summed E-state index contributed by atoms with van der Waals surface area (Å²) in [6.45, 7) is 0.518. The average Bonchev–Trinajstić information content (AvgIpc) is 3.02. The highest BCUT2D eigenvalue weighted by Crippen LogP contribution is 2.19.